The number of fused-ring (bicyclic) bond motifs is 2. The zero-order valence-corrected chi connectivity index (χ0v) is 18.1. The summed E-state index contributed by atoms with van der Waals surface area (Å²) in [5, 5.41) is 13.2. The monoisotopic (exact) mass is 418 g/mol. The number of aryl methyl sites for hydroxylation is 1. The van der Waals surface area contributed by atoms with E-state index in [1.807, 2.05) is 18.6 Å². The Morgan fingerprint density at radius 2 is 2.22 bits per heavy atom. The number of carboxylic acid groups (broad SMARTS) is 1. The lowest BCUT2D eigenvalue weighted by molar-refractivity contribution is 0.0696. The Morgan fingerprint density at radius 1 is 1.44 bits per heavy atom. The van der Waals surface area contributed by atoms with Crippen LogP contribution < -0.4 is 0 Å². The average molecular weight is 419 g/mol. The van der Waals surface area contributed by atoms with Crippen LogP contribution >= 0.6 is 35.5 Å². The van der Waals surface area contributed by atoms with Crippen LogP contribution in [0.1, 0.15) is 46.6 Å². The summed E-state index contributed by atoms with van der Waals surface area (Å²) in [6.45, 7) is 5.05. The molecule has 7 heteroatoms. The van der Waals surface area contributed by atoms with Gasteiger partial charge in [0.15, 0.2) is 0 Å². The van der Waals surface area contributed by atoms with E-state index in [4.69, 9.17) is 0 Å². The van der Waals surface area contributed by atoms with Crippen LogP contribution in [0, 0.1) is 5.41 Å². The van der Waals surface area contributed by atoms with Gasteiger partial charge in [0, 0.05) is 28.6 Å². The highest BCUT2D eigenvalue weighted by Crippen LogP contribution is 2.47. The van der Waals surface area contributed by atoms with E-state index < -0.39 is 5.97 Å². The van der Waals surface area contributed by atoms with E-state index >= 15 is 0 Å². The second-order valence-corrected chi connectivity index (χ2v) is 10.7. The van der Waals surface area contributed by atoms with Crippen molar-refractivity contribution < 1.29 is 9.90 Å². The lowest BCUT2D eigenvalue weighted by Crippen LogP contribution is -2.22. The predicted molar refractivity (Wildman–Crippen MR) is 116 cm³/mol. The number of thiophene rings is 2. The SMILES string of the molecule is CN(S)Cc1cnc2sccc2c1-c1sc2c(c1C(=O)O)CC(C)(C)CC2. The molecule has 0 saturated carbocycles. The van der Waals surface area contributed by atoms with Gasteiger partial charge in [-0.25, -0.2) is 9.78 Å². The Labute approximate surface area is 172 Å². The van der Waals surface area contributed by atoms with Crippen LogP contribution in [0.15, 0.2) is 17.6 Å². The van der Waals surface area contributed by atoms with Crippen LogP contribution in [0.3, 0.4) is 0 Å². The number of pyridine rings is 1. The van der Waals surface area contributed by atoms with Crippen molar-refractivity contribution in [3.8, 4) is 10.4 Å². The highest BCUT2D eigenvalue weighted by molar-refractivity contribution is 7.77. The molecule has 3 aromatic rings. The van der Waals surface area contributed by atoms with Crippen molar-refractivity contribution in [2.24, 2.45) is 5.41 Å². The van der Waals surface area contributed by atoms with Gasteiger partial charge in [-0.2, -0.15) is 0 Å². The normalized spacial score (nSPS) is 16.0. The minimum absolute atomic E-state index is 0.139. The molecule has 4 rings (SSSR count). The van der Waals surface area contributed by atoms with Gasteiger partial charge in [0.1, 0.15) is 4.83 Å². The molecule has 142 valence electrons. The molecule has 4 nitrogen and oxygen atoms in total. The van der Waals surface area contributed by atoms with Crippen molar-refractivity contribution in [2.45, 2.75) is 39.7 Å². The second-order valence-electron chi connectivity index (χ2n) is 7.97. The Balaban J connectivity index is 2.01. The Morgan fingerprint density at radius 3 is 2.93 bits per heavy atom. The first-order chi connectivity index (χ1) is 12.8. The molecule has 1 aliphatic rings. The van der Waals surface area contributed by atoms with Crippen molar-refractivity contribution in [3.63, 3.8) is 0 Å². The van der Waals surface area contributed by atoms with E-state index in [0.717, 1.165) is 51.0 Å². The molecular formula is C20H22N2O2S3. The minimum Gasteiger partial charge on any atom is -0.478 e. The molecule has 27 heavy (non-hydrogen) atoms. The van der Waals surface area contributed by atoms with Gasteiger partial charge in [-0.1, -0.05) is 26.7 Å². The first-order valence-corrected chi connectivity index (χ1v) is 11.0. The first-order valence-electron chi connectivity index (χ1n) is 8.90. The summed E-state index contributed by atoms with van der Waals surface area (Å²) >= 11 is 7.65. The fourth-order valence-electron chi connectivity index (χ4n) is 3.92. The van der Waals surface area contributed by atoms with Crippen molar-refractivity contribution in [1.29, 1.82) is 0 Å². The topological polar surface area (TPSA) is 53.4 Å². The maximum absolute atomic E-state index is 12.3. The van der Waals surface area contributed by atoms with Gasteiger partial charge in [0.25, 0.3) is 0 Å². The van der Waals surface area contributed by atoms with Crippen molar-refractivity contribution in [2.75, 3.05) is 7.05 Å². The highest BCUT2D eigenvalue weighted by Gasteiger charge is 2.34. The fourth-order valence-corrected chi connectivity index (χ4v) is 6.22. The molecular weight excluding hydrogens is 396 g/mol. The van der Waals surface area contributed by atoms with Crippen molar-refractivity contribution in [1.82, 2.24) is 9.29 Å². The molecule has 0 aromatic carbocycles. The van der Waals surface area contributed by atoms with Gasteiger partial charge in [0.05, 0.1) is 10.4 Å². The number of hydrogen-bond acceptors (Lipinski definition) is 6. The molecule has 3 aromatic heterocycles. The molecule has 0 amide bonds. The first kappa shape index (κ1) is 18.9. The molecule has 1 aliphatic carbocycles. The van der Waals surface area contributed by atoms with Gasteiger partial charge in [-0.05, 0) is 54.3 Å². The van der Waals surface area contributed by atoms with Gasteiger partial charge >= 0.3 is 5.97 Å². The zero-order valence-electron chi connectivity index (χ0n) is 15.6. The zero-order chi connectivity index (χ0) is 19.3. The number of hydrogen-bond donors (Lipinski definition) is 2. The van der Waals surface area contributed by atoms with Gasteiger partial charge < -0.3 is 5.11 Å². The third-order valence-corrected chi connectivity index (χ3v) is 7.46. The summed E-state index contributed by atoms with van der Waals surface area (Å²) in [6, 6.07) is 2.05. The maximum Gasteiger partial charge on any atom is 0.337 e. The minimum atomic E-state index is -0.828. The summed E-state index contributed by atoms with van der Waals surface area (Å²) in [5.41, 5.74) is 3.68. The third-order valence-electron chi connectivity index (χ3n) is 5.19. The summed E-state index contributed by atoms with van der Waals surface area (Å²) in [5.74, 6) is -0.828. The van der Waals surface area contributed by atoms with Crippen LogP contribution in [-0.2, 0) is 19.4 Å². The number of rotatable bonds is 4. The van der Waals surface area contributed by atoms with Crippen LogP contribution in [0.5, 0.6) is 0 Å². The Kier molecular flexibility index (Phi) is 4.83. The number of aromatic carboxylic acids is 1. The van der Waals surface area contributed by atoms with E-state index in [9.17, 15) is 9.90 Å². The van der Waals surface area contributed by atoms with E-state index in [-0.39, 0.29) is 5.41 Å². The van der Waals surface area contributed by atoms with Crippen molar-refractivity contribution >= 4 is 51.7 Å². The maximum atomic E-state index is 12.3. The Hall–Kier alpha value is -1.41. The third kappa shape index (κ3) is 3.42. The molecule has 0 atom stereocenters. The van der Waals surface area contributed by atoms with Crippen LogP contribution in [-0.4, -0.2) is 27.4 Å². The number of carbonyl (C=O) groups is 1. The molecule has 0 bridgehead atoms. The summed E-state index contributed by atoms with van der Waals surface area (Å²) in [4.78, 5) is 19.9. The molecule has 0 radical (unpaired) electrons. The van der Waals surface area contributed by atoms with Gasteiger partial charge in [-0.15, -0.1) is 22.7 Å². The van der Waals surface area contributed by atoms with Crippen molar-refractivity contribution in [3.05, 3.63) is 39.2 Å². The van der Waals surface area contributed by atoms with Gasteiger partial charge in [-0.3, -0.25) is 4.31 Å². The van der Waals surface area contributed by atoms with Crippen LogP contribution in [0.25, 0.3) is 20.7 Å². The predicted octanol–water partition coefficient (Wildman–Crippen LogP) is 5.51. The summed E-state index contributed by atoms with van der Waals surface area (Å²) in [7, 11) is 1.89. The number of aromatic nitrogens is 1. The largest absolute Gasteiger partial charge is 0.478 e. The van der Waals surface area contributed by atoms with Gasteiger partial charge in [0.2, 0.25) is 0 Å². The second kappa shape index (κ2) is 6.88. The quantitative estimate of drug-likeness (QED) is 0.548. The number of carboxylic acids is 1. The Bertz CT molecular complexity index is 1030. The summed E-state index contributed by atoms with van der Waals surface area (Å²) < 4.78 is 1.80. The number of thiol groups is 1. The molecule has 3 heterocycles. The highest BCUT2D eigenvalue weighted by atomic mass is 32.1. The fraction of sp³-hybridized carbons (Fsp3) is 0.400. The lowest BCUT2D eigenvalue weighted by Gasteiger charge is -2.29. The smallest absolute Gasteiger partial charge is 0.337 e. The molecule has 0 fully saturated rings. The van der Waals surface area contributed by atoms with E-state index in [1.165, 1.54) is 4.88 Å². The number of nitrogens with zero attached hydrogens (tertiary/aromatic N) is 2. The van der Waals surface area contributed by atoms with E-state index in [2.05, 4.69) is 37.7 Å². The molecule has 0 aliphatic heterocycles. The molecule has 0 saturated heterocycles. The standard InChI is InChI=1S/C20H22N2O2S3/c1-20(2)6-4-14-13(8-20)16(19(23)24)17(27-14)15-11(10-22(3)25)9-21-18-12(15)5-7-26-18/h5,7,9,25H,4,6,8,10H2,1-3H3,(H,23,24). The van der Waals surface area contributed by atoms with Crippen LogP contribution in [0.4, 0.5) is 0 Å². The van der Waals surface area contributed by atoms with E-state index in [0.29, 0.717) is 12.1 Å². The van der Waals surface area contributed by atoms with Crippen LogP contribution in [0.2, 0.25) is 0 Å². The molecule has 1 N–H and O–H groups in total. The summed E-state index contributed by atoms with van der Waals surface area (Å²) in [6.07, 6.45) is 4.73. The average Bonchev–Trinajstić information content (AvgIpc) is 3.16. The molecule has 0 unspecified atom stereocenters. The lowest BCUT2D eigenvalue weighted by atomic mass is 9.76. The van der Waals surface area contributed by atoms with E-state index in [1.54, 1.807) is 27.0 Å². The molecule has 0 spiro atoms.